The first kappa shape index (κ1) is 26.6. The Morgan fingerprint density at radius 1 is 1.15 bits per heavy atom. The Morgan fingerprint density at radius 2 is 1.87 bits per heavy atom. The van der Waals surface area contributed by atoms with Gasteiger partial charge < -0.3 is 15.0 Å². The van der Waals surface area contributed by atoms with Crippen LogP contribution in [0.3, 0.4) is 0 Å². The van der Waals surface area contributed by atoms with Crippen LogP contribution < -0.4 is 24.8 Å². The number of nitrogens with zero attached hydrogens (tertiary/aromatic N) is 4. The number of fused-ring (bicyclic) bond motifs is 1. The normalized spacial score (nSPS) is 14.3. The summed E-state index contributed by atoms with van der Waals surface area (Å²) in [5.41, 5.74) is 2.73. The van der Waals surface area contributed by atoms with Gasteiger partial charge in [-0.1, -0.05) is 0 Å². The minimum Gasteiger partial charge on any atom is -0.438 e. The van der Waals surface area contributed by atoms with Crippen molar-refractivity contribution in [2.45, 2.75) is 32.7 Å². The highest BCUT2D eigenvalue weighted by Gasteiger charge is 2.23. The molecule has 5 rings (SSSR count). The van der Waals surface area contributed by atoms with Gasteiger partial charge in [0.05, 0.1) is 28.4 Å². The molecule has 10 nitrogen and oxygen atoms in total. The van der Waals surface area contributed by atoms with E-state index < -0.39 is 16.0 Å². The number of halogens is 1. The number of ether oxygens (including phenoxy) is 1. The Labute approximate surface area is 229 Å². The minimum atomic E-state index is -3.98. The average molecular weight is 568 g/mol. The number of nitriles is 1. The maximum atomic E-state index is 14.7. The number of aromatic nitrogens is 2. The Bertz CT molecular complexity index is 1670. The van der Waals surface area contributed by atoms with Gasteiger partial charge in [0, 0.05) is 25.2 Å². The molecule has 0 saturated carbocycles. The van der Waals surface area contributed by atoms with Crippen LogP contribution in [0.1, 0.15) is 29.5 Å². The molecule has 13 heteroatoms. The lowest BCUT2D eigenvalue weighted by Gasteiger charge is -2.34. The van der Waals surface area contributed by atoms with Crippen molar-refractivity contribution >= 4 is 49.1 Å². The van der Waals surface area contributed by atoms with Crippen molar-refractivity contribution in [3.05, 3.63) is 64.3 Å². The molecule has 0 unspecified atom stereocenters. The summed E-state index contributed by atoms with van der Waals surface area (Å²) in [5.74, 6) is 1.02. The van der Waals surface area contributed by atoms with E-state index in [1.165, 1.54) is 17.4 Å². The molecule has 0 aliphatic carbocycles. The second-order valence-electron chi connectivity index (χ2n) is 9.36. The molecule has 1 fully saturated rings. The van der Waals surface area contributed by atoms with Crippen molar-refractivity contribution in [3.63, 3.8) is 0 Å². The molecule has 1 aliphatic rings. The maximum absolute atomic E-state index is 14.7. The van der Waals surface area contributed by atoms with Crippen molar-refractivity contribution in [2.24, 2.45) is 5.14 Å². The summed E-state index contributed by atoms with van der Waals surface area (Å²) in [7, 11) is -3.98. The molecule has 0 bridgehead atoms. The van der Waals surface area contributed by atoms with Crippen LogP contribution in [0.2, 0.25) is 0 Å². The molecule has 0 atom stereocenters. The number of nitrogens with two attached hydrogens (primary N) is 1. The van der Waals surface area contributed by atoms with Crippen molar-refractivity contribution < 1.29 is 17.5 Å². The van der Waals surface area contributed by atoms with E-state index in [4.69, 9.17) is 9.88 Å². The third kappa shape index (κ3) is 6.03. The highest BCUT2D eigenvalue weighted by molar-refractivity contribution is 7.90. The lowest BCUT2D eigenvalue weighted by Crippen LogP contribution is -2.39. The van der Waals surface area contributed by atoms with Gasteiger partial charge in [-0.3, -0.25) is 4.72 Å². The molecule has 1 saturated heterocycles. The number of aryl methyl sites for hydroxylation is 2. The summed E-state index contributed by atoms with van der Waals surface area (Å²) in [4.78, 5) is 12.1. The van der Waals surface area contributed by atoms with E-state index in [9.17, 15) is 18.1 Å². The van der Waals surface area contributed by atoms with Crippen LogP contribution in [0.5, 0.6) is 11.6 Å². The zero-order chi connectivity index (χ0) is 27.7. The van der Waals surface area contributed by atoms with Crippen LogP contribution >= 0.6 is 11.3 Å². The van der Waals surface area contributed by atoms with Gasteiger partial charge in [-0.2, -0.15) is 18.7 Å². The molecule has 1 aliphatic heterocycles. The van der Waals surface area contributed by atoms with E-state index in [2.05, 4.69) is 26.1 Å². The smallest absolute Gasteiger partial charge is 0.296 e. The zero-order valence-electron chi connectivity index (χ0n) is 21.2. The van der Waals surface area contributed by atoms with E-state index in [0.29, 0.717) is 54.8 Å². The highest BCUT2D eigenvalue weighted by atomic mass is 32.2. The standard InChI is InChI=1S/C26H26FN7O3S2/c1-15-11-17(14-28)12-16(2)23(15)37-24-20-7-10-38-25(20)32-26(31-24)30-18-5-8-34(9-6-18)22-4-3-19(13-21(22)27)33-39(29,35)36/h3-4,7,10-13,18,33H,5-6,8-9H2,1-2H3,(H2,29,35,36)(H,30,31,32). The van der Waals surface area contributed by atoms with Crippen molar-refractivity contribution in [3.8, 4) is 17.7 Å². The third-order valence-corrected chi connectivity index (χ3v) is 7.78. The van der Waals surface area contributed by atoms with Gasteiger partial charge in [-0.05, 0) is 73.5 Å². The van der Waals surface area contributed by atoms with Crippen LogP contribution in [-0.2, 0) is 10.2 Å². The topological polar surface area (TPSA) is 146 Å². The van der Waals surface area contributed by atoms with Gasteiger partial charge in [-0.15, -0.1) is 11.3 Å². The fraction of sp³-hybridized carbons (Fsp3) is 0.269. The second kappa shape index (κ2) is 10.6. The number of anilines is 3. The first-order chi connectivity index (χ1) is 18.6. The monoisotopic (exact) mass is 567 g/mol. The molecular formula is C26H26FN7O3S2. The summed E-state index contributed by atoms with van der Waals surface area (Å²) in [6.07, 6.45) is 1.43. The van der Waals surface area contributed by atoms with Gasteiger partial charge >= 0.3 is 0 Å². The Hall–Kier alpha value is -3.99. The Morgan fingerprint density at radius 3 is 2.51 bits per heavy atom. The summed E-state index contributed by atoms with van der Waals surface area (Å²) in [5, 5.41) is 20.4. The first-order valence-electron chi connectivity index (χ1n) is 12.2. The molecule has 0 spiro atoms. The fourth-order valence-electron chi connectivity index (χ4n) is 4.68. The number of hydrogen-bond donors (Lipinski definition) is 3. The number of benzene rings is 2. The average Bonchev–Trinajstić information content (AvgIpc) is 3.35. The molecule has 202 valence electrons. The summed E-state index contributed by atoms with van der Waals surface area (Å²) in [6.45, 7) is 4.97. The second-order valence-corrected chi connectivity index (χ2v) is 11.6. The van der Waals surface area contributed by atoms with Crippen LogP contribution in [0.4, 0.5) is 21.7 Å². The number of rotatable bonds is 7. The molecule has 4 aromatic rings. The first-order valence-corrected chi connectivity index (χ1v) is 14.6. The molecular weight excluding hydrogens is 541 g/mol. The van der Waals surface area contributed by atoms with E-state index in [1.54, 1.807) is 18.2 Å². The summed E-state index contributed by atoms with van der Waals surface area (Å²) in [6, 6.07) is 11.9. The van der Waals surface area contributed by atoms with E-state index in [-0.39, 0.29) is 11.7 Å². The van der Waals surface area contributed by atoms with Crippen LogP contribution in [0.15, 0.2) is 41.8 Å². The van der Waals surface area contributed by atoms with Crippen LogP contribution in [0.25, 0.3) is 10.2 Å². The highest BCUT2D eigenvalue weighted by Crippen LogP contribution is 2.35. The van der Waals surface area contributed by atoms with E-state index in [0.717, 1.165) is 27.4 Å². The number of piperidine rings is 1. The molecule has 4 N–H and O–H groups in total. The van der Waals surface area contributed by atoms with Crippen LogP contribution in [0, 0.1) is 31.0 Å². The van der Waals surface area contributed by atoms with Crippen molar-refractivity contribution in [1.82, 2.24) is 9.97 Å². The predicted molar refractivity (Wildman–Crippen MR) is 150 cm³/mol. The molecule has 2 aromatic heterocycles. The SMILES string of the molecule is Cc1cc(C#N)cc(C)c1Oc1nc(NC2CCN(c3ccc(NS(N)(=O)=O)cc3F)CC2)nc2sccc12. The minimum absolute atomic E-state index is 0.0660. The maximum Gasteiger partial charge on any atom is 0.296 e. The quantitative estimate of drug-likeness (QED) is 0.288. The van der Waals surface area contributed by atoms with Crippen molar-refractivity contribution in [2.75, 3.05) is 28.0 Å². The molecule has 0 radical (unpaired) electrons. The van der Waals surface area contributed by atoms with Gasteiger partial charge in [0.1, 0.15) is 16.4 Å². The number of nitrogens with one attached hydrogen (secondary N) is 2. The van der Waals surface area contributed by atoms with E-state index >= 15 is 0 Å². The number of thiophene rings is 1. The fourth-order valence-corrected chi connectivity index (χ4v) is 5.89. The lowest BCUT2D eigenvalue weighted by atomic mass is 10.0. The van der Waals surface area contributed by atoms with Gasteiger partial charge in [-0.25, -0.2) is 14.5 Å². The molecule has 3 heterocycles. The zero-order valence-corrected chi connectivity index (χ0v) is 22.9. The molecule has 0 amide bonds. The van der Waals surface area contributed by atoms with Crippen molar-refractivity contribution in [1.29, 1.82) is 5.26 Å². The summed E-state index contributed by atoms with van der Waals surface area (Å²) >= 11 is 1.49. The predicted octanol–water partition coefficient (Wildman–Crippen LogP) is 4.81. The van der Waals surface area contributed by atoms with Gasteiger partial charge in [0.25, 0.3) is 10.2 Å². The lowest BCUT2D eigenvalue weighted by molar-refractivity contribution is 0.460. The summed E-state index contributed by atoms with van der Waals surface area (Å²) < 4.78 is 45.5. The third-order valence-electron chi connectivity index (χ3n) is 6.45. The number of hydrogen-bond acceptors (Lipinski definition) is 9. The molecule has 39 heavy (non-hydrogen) atoms. The van der Waals surface area contributed by atoms with Gasteiger partial charge in [0.2, 0.25) is 11.8 Å². The largest absolute Gasteiger partial charge is 0.438 e. The van der Waals surface area contributed by atoms with E-state index in [1.807, 2.05) is 30.2 Å². The van der Waals surface area contributed by atoms with Gasteiger partial charge in [0.15, 0.2) is 0 Å². The Kier molecular flexibility index (Phi) is 7.26. The Balaban J connectivity index is 1.29. The van der Waals surface area contributed by atoms with Crippen LogP contribution in [-0.4, -0.2) is 37.5 Å². The molecule has 2 aromatic carbocycles.